The normalized spacial score (nSPS) is 11.1. The summed E-state index contributed by atoms with van der Waals surface area (Å²) in [4.78, 5) is 11.9. The van der Waals surface area contributed by atoms with Crippen molar-refractivity contribution < 1.29 is 9.53 Å². The SMILES string of the molecule is COc1ccc(C(=O)NCC(C)(C)C)cc1C. The number of benzene rings is 1. The first-order valence-corrected chi connectivity index (χ1v) is 5.76. The Balaban J connectivity index is 2.73. The third-order valence-corrected chi connectivity index (χ3v) is 2.44. The van der Waals surface area contributed by atoms with Crippen LogP contribution in [0.1, 0.15) is 36.7 Å². The molecule has 1 N–H and O–H groups in total. The lowest BCUT2D eigenvalue weighted by molar-refractivity contribution is 0.0939. The van der Waals surface area contributed by atoms with E-state index in [0.717, 1.165) is 11.3 Å². The van der Waals surface area contributed by atoms with Crippen LogP contribution in [0.2, 0.25) is 0 Å². The summed E-state index contributed by atoms with van der Waals surface area (Å²) in [5.74, 6) is 0.767. The van der Waals surface area contributed by atoms with Gasteiger partial charge < -0.3 is 10.1 Å². The van der Waals surface area contributed by atoms with Crippen molar-refractivity contribution in [3.63, 3.8) is 0 Å². The lowest BCUT2D eigenvalue weighted by Gasteiger charge is -2.18. The highest BCUT2D eigenvalue weighted by atomic mass is 16.5. The van der Waals surface area contributed by atoms with Gasteiger partial charge in [-0.3, -0.25) is 4.79 Å². The average molecular weight is 235 g/mol. The molecule has 0 saturated carbocycles. The predicted octanol–water partition coefficient (Wildman–Crippen LogP) is 2.78. The fourth-order valence-electron chi connectivity index (χ4n) is 1.47. The van der Waals surface area contributed by atoms with E-state index in [1.165, 1.54) is 0 Å². The van der Waals surface area contributed by atoms with E-state index >= 15 is 0 Å². The van der Waals surface area contributed by atoms with Crippen molar-refractivity contribution in [2.24, 2.45) is 5.41 Å². The van der Waals surface area contributed by atoms with Gasteiger partial charge in [0, 0.05) is 12.1 Å². The monoisotopic (exact) mass is 235 g/mol. The number of carbonyl (C=O) groups is 1. The molecular weight excluding hydrogens is 214 g/mol. The standard InChI is InChI=1S/C14H21NO2/c1-10-8-11(6-7-12(10)17-5)13(16)15-9-14(2,3)4/h6-8H,9H2,1-5H3,(H,15,16). The van der Waals surface area contributed by atoms with E-state index in [-0.39, 0.29) is 11.3 Å². The quantitative estimate of drug-likeness (QED) is 0.875. The Kier molecular flexibility index (Phi) is 4.16. The molecule has 0 heterocycles. The molecule has 0 unspecified atom stereocenters. The van der Waals surface area contributed by atoms with Crippen LogP contribution in [0.4, 0.5) is 0 Å². The van der Waals surface area contributed by atoms with Crippen LogP contribution in [0.15, 0.2) is 18.2 Å². The van der Waals surface area contributed by atoms with Crippen LogP contribution in [0.5, 0.6) is 5.75 Å². The Morgan fingerprint density at radius 1 is 1.35 bits per heavy atom. The maximum absolute atomic E-state index is 11.9. The number of ether oxygens (including phenoxy) is 1. The topological polar surface area (TPSA) is 38.3 Å². The number of aryl methyl sites for hydroxylation is 1. The van der Waals surface area contributed by atoms with Crippen LogP contribution >= 0.6 is 0 Å². The molecule has 1 aromatic carbocycles. The van der Waals surface area contributed by atoms with Gasteiger partial charge in [-0.1, -0.05) is 20.8 Å². The van der Waals surface area contributed by atoms with Gasteiger partial charge in [-0.25, -0.2) is 0 Å². The third-order valence-electron chi connectivity index (χ3n) is 2.44. The summed E-state index contributed by atoms with van der Waals surface area (Å²) in [7, 11) is 1.63. The number of hydrogen-bond acceptors (Lipinski definition) is 2. The van der Waals surface area contributed by atoms with Crippen molar-refractivity contribution in [3.8, 4) is 5.75 Å². The van der Waals surface area contributed by atoms with Crippen LogP contribution in [0.3, 0.4) is 0 Å². The van der Waals surface area contributed by atoms with Crippen molar-refractivity contribution >= 4 is 5.91 Å². The molecule has 0 aliphatic carbocycles. The number of methoxy groups -OCH3 is 1. The summed E-state index contributed by atoms with van der Waals surface area (Å²) >= 11 is 0. The second kappa shape index (κ2) is 5.21. The zero-order valence-electron chi connectivity index (χ0n) is 11.3. The Labute approximate surface area is 103 Å². The minimum Gasteiger partial charge on any atom is -0.496 e. The summed E-state index contributed by atoms with van der Waals surface area (Å²) in [6.07, 6.45) is 0. The second-order valence-corrected chi connectivity index (χ2v) is 5.43. The van der Waals surface area contributed by atoms with Crippen molar-refractivity contribution in [2.45, 2.75) is 27.7 Å². The molecule has 1 rings (SSSR count). The molecule has 94 valence electrons. The zero-order valence-corrected chi connectivity index (χ0v) is 11.3. The third kappa shape index (κ3) is 4.10. The van der Waals surface area contributed by atoms with E-state index in [1.807, 2.05) is 19.1 Å². The number of amides is 1. The Morgan fingerprint density at radius 2 is 2.00 bits per heavy atom. The molecule has 0 aromatic heterocycles. The second-order valence-electron chi connectivity index (χ2n) is 5.43. The highest BCUT2D eigenvalue weighted by molar-refractivity contribution is 5.94. The summed E-state index contributed by atoms with van der Waals surface area (Å²) in [6, 6.07) is 5.45. The lowest BCUT2D eigenvalue weighted by Crippen LogP contribution is -2.32. The average Bonchev–Trinajstić information content (AvgIpc) is 2.24. The van der Waals surface area contributed by atoms with Crippen molar-refractivity contribution in [3.05, 3.63) is 29.3 Å². The van der Waals surface area contributed by atoms with Gasteiger partial charge in [-0.15, -0.1) is 0 Å². The van der Waals surface area contributed by atoms with Gasteiger partial charge in [-0.2, -0.15) is 0 Å². The fourth-order valence-corrected chi connectivity index (χ4v) is 1.47. The molecule has 0 radical (unpaired) electrons. The van der Waals surface area contributed by atoms with E-state index in [4.69, 9.17) is 4.74 Å². The molecule has 0 spiro atoms. The molecular formula is C14H21NO2. The Morgan fingerprint density at radius 3 is 2.47 bits per heavy atom. The first-order chi connectivity index (χ1) is 7.83. The van der Waals surface area contributed by atoms with Gasteiger partial charge in [0.25, 0.3) is 5.91 Å². The number of rotatable bonds is 3. The predicted molar refractivity (Wildman–Crippen MR) is 69.5 cm³/mol. The van der Waals surface area contributed by atoms with E-state index < -0.39 is 0 Å². The van der Waals surface area contributed by atoms with Gasteiger partial charge >= 0.3 is 0 Å². The number of carbonyl (C=O) groups excluding carboxylic acids is 1. The lowest BCUT2D eigenvalue weighted by atomic mass is 9.97. The van der Waals surface area contributed by atoms with Gasteiger partial charge in [0.1, 0.15) is 5.75 Å². The molecule has 0 aliphatic heterocycles. The molecule has 3 heteroatoms. The summed E-state index contributed by atoms with van der Waals surface area (Å²) in [5.41, 5.74) is 1.74. The zero-order chi connectivity index (χ0) is 13.1. The van der Waals surface area contributed by atoms with E-state index in [1.54, 1.807) is 13.2 Å². The largest absolute Gasteiger partial charge is 0.496 e. The summed E-state index contributed by atoms with van der Waals surface area (Å²) in [6.45, 7) is 8.86. The van der Waals surface area contributed by atoms with E-state index in [9.17, 15) is 4.79 Å². The molecule has 0 aliphatic rings. The molecule has 0 saturated heterocycles. The van der Waals surface area contributed by atoms with Crippen molar-refractivity contribution in [1.29, 1.82) is 0 Å². The minimum absolute atomic E-state index is 0.0364. The van der Waals surface area contributed by atoms with Crippen LogP contribution in [-0.2, 0) is 0 Å². The van der Waals surface area contributed by atoms with Crippen LogP contribution in [-0.4, -0.2) is 19.6 Å². The van der Waals surface area contributed by atoms with Crippen molar-refractivity contribution in [2.75, 3.05) is 13.7 Å². The highest BCUT2D eigenvalue weighted by Crippen LogP contribution is 2.18. The molecule has 0 bridgehead atoms. The number of nitrogens with one attached hydrogen (secondary N) is 1. The van der Waals surface area contributed by atoms with Gasteiger partial charge in [0.15, 0.2) is 0 Å². The molecule has 1 amide bonds. The first-order valence-electron chi connectivity index (χ1n) is 5.76. The molecule has 0 atom stereocenters. The van der Waals surface area contributed by atoms with E-state index in [0.29, 0.717) is 12.1 Å². The Hall–Kier alpha value is -1.51. The molecule has 3 nitrogen and oxygen atoms in total. The first kappa shape index (κ1) is 13.6. The minimum atomic E-state index is -0.0364. The smallest absolute Gasteiger partial charge is 0.251 e. The van der Waals surface area contributed by atoms with Crippen molar-refractivity contribution in [1.82, 2.24) is 5.32 Å². The summed E-state index contributed by atoms with van der Waals surface area (Å²) < 4.78 is 5.16. The van der Waals surface area contributed by atoms with Gasteiger partial charge in [0.2, 0.25) is 0 Å². The van der Waals surface area contributed by atoms with Crippen LogP contribution < -0.4 is 10.1 Å². The Bertz CT molecular complexity index is 405. The van der Waals surface area contributed by atoms with Crippen LogP contribution in [0.25, 0.3) is 0 Å². The van der Waals surface area contributed by atoms with Gasteiger partial charge in [0.05, 0.1) is 7.11 Å². The molecule has 17 heavy (non-hydrogen) atoms. The van der Waals surface area contributed by atoms with Crippen LogP contribution in [0, 0.1) is 12.3 Å². The van der Waals surface area contributed by atoms with Gasteiger partial charge in [-0.05, 0) is 36.1 Å². The summed E-state index contributed by atoms with van der Waals surface area (Å²) in [5, 5.41) is 2.92. The maximum Gasteiger partial charge on any atom is 0.251 e. The highest BCUT2D eigenvalue weighted by Gasteiger charge is 2.13. The maximum atomic E-state index is 11.9. The van der Waals surface area contributed by atoms with E-state index in [2.05, 4.69) is 26.1 Å². The number of hydrogen-bond donors (Lipinski definition) is 1. The fraction of sp³-hybridized carbons (Fsp3) is 0.500. The molecule has 0 fully saturated rings. The molecule has 1 aromatic rings.